The summed E-state index contributed by atoms with van der Waals surface area (Å²) in [6.45, 7) is 0.568. The molecule has 0 radical (unpaired) electrons. The molecule has 6 heteroatoms. The maximum Gasteiger partial charge on any atom is 0.222 e. The zero-order valence-corrected chi connectivity index (χ0v) is 10.8. The number of hydrogen-bond donors (Lipinski definition) is 1. The lowest BCUT2D eigenvalue weighted by Gasteiger charge is -2.07. The van der Waals surface area contributed by atoms with Crippen LogP contribution in [0.2, 0.25) is 0 Å². The van der Waals surface area contributed by atoms with Gasteiger partial charge < -0.3 is 10.1 Å². The van der Waals surface area contributed by atoms with E-state index in [0.29, 0.717) is 18.4 Å². The summed E-state index contributed by atoms with van der Waals surface area (Å²) in [5.74, 6) is 1.18. The average molecular weight is 295 g/mol. The van der Waals surface area contributed by atoms with Gasteiger partial charge in [0, 0.05) is 30.7 Å². The highest BCUT2D eigenvalue weighted by Gasteiger charge is 2.03. The Bertz CT molecular complexity index is 489. The molecule has 0 fully saturated rings. The normalized spacial score (nSPS) is 10.0. The monoisotopic (exact) mass is 294 g/mol. The number of aromatic nitrogens is 3. The zero-order chi connectivity index (χ0) is 12.1. The third-order valence-corrected chi connectivity index (χ3v) is 2.51. The summed E-state index contributed by atoms with van der Waals surface area (Å²) < 4.78 is 6.00. The zero-order valence-electron chi connectivity index (χ0n) is 9.22. The third kappa shape index (κ3) is 3.13. The van der Waals surface area contributed by atoms with E-state index >= 15 is 0 Å². The third-order valence-electron chi connectivity index (χ3n) is 2.10. The Labute approximate surface area is 107 Å². The number of nitrogens with zero attached hydrogens (tertiary/aromatic N) is 3. The molecule has 17 heavy (non-hydrogen) atoms. The highest BCUT2D eigenvalue weighted by atomic mass is 79.9. The lowest BCUT2D eigenvalue weighted by Crippen LogP contribution is -2.05. The van der Waals surface area contributed by atoms with Gasteiger partial charge in [-0.25, -0.2) is 15.0 Å². The second kappa shape index (κ2) is 5.58. The fraction of sp³-hybridized carbons (Fsp3) is 0.182. The van der Waals surface area contributed by atoms with Gasteiger partial charge in [0.05, 0.1) is 11.6 Å². The maximum atomic E-state index is 5.15. The van der Waals surface area contributed by atoms with Gasteiger partial charge in [-0.15, -0.1) is 0 Å². The van der Waals surface area contributed by atoms with E-state index in [1.54, 1.807) is 25.7 Å². The molecule has 0 amide bonds. The van der Waals surface area contributed by atoms with Crippen LogP contribution in [0.15, 0.2) is 35.2 Å². The SMILES string of the molecule is COc1ncccc1CNc1ncc(Br)cn1. The quantitative estimate of drug-likeness (QED) is 0.937. The highest BCUT2D eigenvalue weighted by Crippen LogP contribution is 2.15. The molecule has 0 spiro atoms. The predicted molar refractivity (Wildman–Crippen MR) is 67.8 cm³/mol. The summed E-state index contributed by atoms with van der Waals surface area (Å²) in [4.78, 5) is 12.4. The van der Waals surface area contributed by atoms with Crippen LogP contribution < -0.4 is 10.1 Å². The van der Waals surface area contributed by atoms with E-state index in [1.165, 1.54) is 0 Å². The van der Waals surface area contributed by atoms with Crippen molar-refractivity contribution >= 4 is 21.9 Å². The number of pyridine rings is 1. The van der Waals surface area contributed by atoms with Crippen LogP contribution in [0.5, 0.6) is 5.88 Å². The lowest BCUT2D eigenvalue weighted by molar-refractivity contribution is 0.393. The fourth-order valence-electron chi connectivity index (χ4n) is 1.32. The number of rotatable bonds is 4. The topological polar surface area (TPSA) is 59.9 Å². The van der Waals surface area contributed by atoms with Gasteiger partial charge in [-0.2, -0.15) is 0 Å². The van der Waals surface area contributed by atoms with E-state index in [-0.39, 0.29) is 0 Å². The Hall–Kier alpha value is -1.69. The molecule has 1 N–H and O–H groups in total. The van der Waals surface area contributed by atoms with Crippen LogP contribution in [0.4, 0.5) is 5.95 Å². The maximum absolute atomic E-state index is 5.15. The van der Waals surface area contributed by atoms with Crippen LogP contribution in [0.3, 0.4) is 0 Å². The average Bonchev–Trinajstić information content (AvgIpc) is 2.38. The number of hydrogen-bond acceptors (Lipinski definition) is 5. The molecule has 0 aliphatic heterocycles. The van der Waals surface area contributed by atoms with Crippen LogP contribution in [-0.2, 0) is 6.54 Å². The Balaban J connectivity index is 2.04. The molecule has 0 saturated carbocycles. The number of ether oxygens (including phenoxy) is 1. The van der Waals surface area contributed by atoms with Crippen LogP contribution >= 0.6 is 15.9 Å². The minimum atomic E-state index is 0.568. The molecule has 2 aromatic heterocycles. The molecule has 0 unspecified atom stereocenters. The van der Waals surface area contributed by atoms with Crippen molar-refractivity contribution in [2.45, 2.75) is 6.54 Å². The number of anilines is 1. The number of nitrogens with one attached hydrogen (secondary N) is 1. The Kier molecular flexibility index (Phi) is 3.87. The summed E-state index contributed by atoms with van der Waals surface area (Å²) in [7, 11) is 1.60. The van der Waals surface area contributed by atoms with Gasteiger partial charge >= 0.3 is 0 Å². The summed E-state index contributed by atoms with van der Waals surface area (Å²) in [6.07, 6.45) is 5.07. The molecular weight excluding hydrogens is 284 g/mol. The summed E-state index contributed by atoms with van der Waals surface area (Å²) in [5, 5.41) is 3.10. The van der Waals surface area contributed by atoms with Crippen molar-refractivity contribution in [3.8, 4) is 5.88 Å². The number of methoxy groups -OCH3 is 1. The van der Waals surface area contributed by atoms with E-state index in [1.807, 2.05) is 12.1 Å². The van der Waals surface area contributed by atoms with Gasteiger partial charge in [-0.1, -0.05) is 6.07 Å². The van der Waals surface area contributed by atoms with Crippen molar-refractivity contribution in [1.29, 1.82) is 0 Å². The number of halogens is 1. The largest absolute Gasteiger partial charge is 0.481 e. The van der Waals surface area contributed by atoms with E-state index < -0.39 is 0 Å². The molecule has 0 aliphatic carbocycles. The Morgan fingerprint density at radius 3 is 2.76 bits per heavy atom. The first kappa shape index (κ1) is 11.8. The van der Waals surface area contributed by atoms with Crippen molar-refractivity contribution in [2.24, 2.45) is 0 Å². The first-order valence-electron chi connectivity index (χ1n) is 4.99. The molecule has 0 saturated heterocycles. The van der Waals surface area contributed by atoms with Crippen LogP contribution in [0.1, 0.15) is 5.56 Å². The van der Waals surface area contributed by atoms with Gasteiger partial charge in [-0.3, -0.25) is 0 Å². The molecule has 0 aliphatic rings. The van der Waals surface area contributed by atoms with Crippen molar-refractivity contribution < 1.29 is 4.74 Å². The summed E-state index contributed by atoms with van der Waals surface area (Å²) in [5.41, 5.74) is 0.960. The molecule has 88 valence electrons. The molecule has 2 rings (SSSR count). The Morgan fingerprint density at radius 2 is 2.06 bits per heavy atom. The predicted octanol–water partition coefficient (Wildman–Crippen LogP) is 2.25. The molecule has 0 atom stereocenters. The van der Waals surface area contributed by atoms with Gasteiger partial charge in [0.15, 0.2) is 0 Å². The second-order valence-corrected chi connectivity index (χ2v) is 4.17. The van der Waals surface area contributed by atoms with Crippen LogP contribution in [0, 0.1) is 0 Å². The highest BCUT2D eigenvalue weighted by molar-refractivity contribution is 9.10. The molecule has 2 aromatic rings. The summed E-state index contributed by atoms with van der Waals surface area (Å²) in [6, 6.07) is 3.81. The van der Waals surface area contributed by atoms with E-state index in [4.69, 9.17) is 4.74 Å². The second-order valence-electron chi connectivity index (χ2n) is 3.25. The molecule has 0 bridgehead atoms. The first-order valence-corrected chi connectivity index (χ1v) is 5.78. The van der Waals surface area contributed by atoms with Crippen LogP contribution in [-0.4, -0.2) is 22.1 Å². The van der Waals surface area contributed by atoms with E-state index in [2.05, 4.69) is 36.2 Å². The molecule has 5 nitrogen and oxygen atoms in total. The van der Waals surface area contributed by atoms with E-state index in [0.717, 1.165) is 10.0 Å². The van der Waals surface area contributed by atoms with Gasteiger partial charge in [0.1, 0.15) is 0 Å². The van der Waals surface area contributed by atoms with Crippen LogP contribution in [0.25, 0.3) is 0 Å². The van der Waals surface area contributed by atoms with E-state index in [9.17, 15) is 0 Å². The Morgan fingerprint density at radius 1 is 1.29 bits per heavy atom. The van der Waals surface area contributed by atoms with Crippen molar-refractivity contribution in [2.75, 3.05) is 12.4 Å². The minimum absolute atomic E-state index is 0.568. The smallest absolute Gasteiger partial charge is 0.222 e. The fourth-order valence-corrected chi connectivity index (χ4v) is 1.53. The van der Waals surface area contributed by atoms with Crippen molar-refractivity contribution in [3.63, 3.8) is 0 Å². The minimum Gasteiger partial charge on any atom is -0.481 e. The van der Waals surface area contributed by atoms with Gasteiger partial charge in [0.2, 0.25) is 11.8 Å². The standard InChI is InChI=1S/C11H11BrN4O/c1-17-10-8(3-2-4-13-10)5-14-11-15-6-9(12)7-16-11/h2-4,6-7H,5H2,1H3,(H,14,15,16). The molecule has 0 aromatic carbocycles. The molecule has 2 heterocycles. The van der Waals surface area contributed by atoms with Gasteiger partial charge in [-0.05, 0) is 22.0 Å². The molecular formula is C11H11BrN4O. The lowest BCUT2D eigenvalue weighted by atomic mass is 10.3. The van der Waals surface area contributed by atoms with Crippen molar-refractivity contribution in [3.05, 3.63) is 40.8 Å². The first-order chi connectivity index (χ1) is 8.29. The summed E-state index contributed by atoms with van der Waals surface area (Å²) >= 11 is 3.28. The van der Waals surface area contributed by atoms with Gasteiger partial charge in [0.25, 0.3) is 0 Å². The van der Waals surface area contributed by atoms with Crippen molar-refractivity contribution in [1.82, 2.24) is 15.0 Å².